The third-order valence-electron chi connectivity index (χ3n) is 2.70. The van der Waals surface area contributed by atoms with Gasteiger partial charge in [-0.1, -0.05) is 6.07 Å². The molecule has 0 spiro atoms. The molecule has 0 amide bonds. The molecule has 0 aliphatic rings. The second-order valence-corrected chi connectivity index (χ2v) is 4.86. The SMILES string of the molecule is Cc1cc(Oc2ccc(CN)c(Br)c2F)ccc1F. The minimum Gasteiger partial charge on any atom is -0.454 e. The average molecular weight is 328 g/mol. The second kappa shape index (κ2) is 5.67. The van der Waals surface area contributed by atoms with Crippen molar-refractivity contribution < 1.29 is 13.5 Å². The standard InChI is InChI=1S/C14H12BrF2NO/c1-8-6-10(3-4-11(8)16)19-12-5-2-9(7-18)13(15)14(12)17/h2-6H,7,18H2,1H3. The van der Waals surface area contributed by atoms with Gasteiger partial charge in [-0.2, -0.15) is 0 Å². The summed E-state index contributed by atoms with van der Waals surface area (Å²) in [5.74, 6) is -0.405. The lowest BCUT2D eigenvalue weighted by Gasteiger charge is -2.10. The maximum absolute atomic E-state index is 14.0. The number of aryl methyl sites for hydroxylation is 1. The van der Waals surface area contributed by atoms with E-state index in [1.807, 2.05) is 0 Å². The molecule has 100 valence electrons. The minimum atomic E-state index is -0.523. The molecule has 0 aliphatic carbocycles. The molecular weight excluding hydrogens is 316 g/mol. The molecule has 0 saturated heterocycles. The summed E-state index contributed by atoms with van der Waals surface area (Å²) >= 11 is 3.14. The van der Waals surface area contributed by atoms with Crippen molar-refractivity contribution in [3.05, 3.63) is 57.6 Å². The molecule has 0 bridgehead atoms. The predicted octanol–water partition coefficient (Wildman–Crippen LogP) is 4.29. The highest BCUT2D eigenvalue weighted by molar-refractivity contribution is 9.10. The molecule has 0 fully saturated rings. The number of hydrogen-bond acceptors (Lipinski definition) is 2. The molecule has 2 rings (SSSR count). The Labute approximate surface area is 118 Å². The summed E-state index contributed by atoms with van der Waals surface area (Å²) in [6.07, 6.45) is 0. The van der Waals surface area contributed by atoms with E-state index in [0.717, 1.165) is 0 Å². The number of halogens is 3. The Morgan fingerprint density at radius 3 is 2.58 bits per heavy atom. The first-order chi connectivity index (χ1) is 9.02. The van der Waals surface area contributed by atoms with E-state index in [1.54, 1.807) is 13.0 Å². The van der Waals surface area contributed by atoms with Crippen LogP contribution in [0.4, 0.5) is 8.78 Å². The van der Waals surface area contributed by atoms with Crippen LogP contribution in [0.3, 0.4) is 0 Å². The van der Waals surface area contributed by atoms with Crippen LogP contribution in [-0.2, 0) is 6.54 Å². The molecule has 0 aliphatic heterocycles. The van der Waals surface area contributed by atoms with Crippen molar-refractivity contribution in [2.24, 2.45) is 5.73 Å². The van der Waals surface area contributed by atoms with Gasteiger partial charge in [-0.05, 0) is 58.2 Å². The van der Waals surface area contributed by atoms with Gasteiger partial charge >= 0.3 is 0 Å². The highest BCUT2D eigenvalue weighted by Gasteiger charge is 2.12. The quantitative estimate of drug-likeness (QED) is 0.912. The van der Waals surface area contributed by atoms with E-state index in [1.165, 1.54) is 24.3 Å². The lowest BCUT2D eigenvalue weighted by molar-refractivity contribution is 0.438. The topological polar surface area (TPSA) is 35.2 Å². The fourth-order valence-corrected chi connectivity index (χ4v) is 2.11. The average Bonchev–Trinajstić information content (AvgIpc) is 2.40. The van der Waals surface area contributed by atoms with Gasteiger partial charge in [0.15, 0.2) is 11.6 Å². The van der Waals surface area contributed by atoms with Crippen molar-refractivity contribution >= 4 is 15.9 Å². The van der Waals surface area contributed by atoms with Crippen LogP contribution in [0.2, 0.25) is 0 Å². The summed E-state index contributed by atoms with van der Waals surface area (Å²) in [7, 11) is 0. The Morgan fingerprint density at radius 2 is 1.95 bits per heavy atom. The molecule has 0 radical (unpaired) electrons. The number of nitrogens with two attached hydrogens (primary N) is 1. The van der Waals surface area contributed by atoms with Gasteiger partial charge < -0.3 is 10.5 Å². The van der Waals surface area contributed by atoms with Crippen molar-refractivity contribution in [3.63, 3.8) is 0 Å². The van der Waals surface area contributed by atoms with E-state index >= 15 is 0 Å². The van der Waals surface area contributed by atoms with E-state index in [4.69, 9.17) is 10.5 Å². The van der Waals surface area contributed by atoms with Gasteiger partial charge in [0.25, 0.3) is 0 Å². The monoisotopic (exact) mass is 327 g/mol. The largest absolute Gasteiger partial charge is 0.454 e. The van der Waals surface area contributed by atoms with Gasteiger partial charge in [-0.25, -0.2) is 8.78 Å². The Kier molecular flexibility index (Phi) is 4.17. The Balaban J connectivity index is 2.33. The van der Waals surface area contributed by atoms with E-state index in [9.17, 15) is 8.78 Å². The molecule has 2 aromatic carbocycles. The molecular formula is C14H12BrF2NO. The highest BCUT2D eigenvalue weighted by atomic mass is 79.9. The summed E-state index contributed by atoms with van der Waals surface area (Å²) in [6.45, 7) is 1.85. The van der Waals surface area contributed by atoms with E-state index < -0.39 is 5.82 Å². The molecule has 0 heterocycles. The van der Waals surface area contributed by atoms with E-state index in [-0.39, 0.29) is 22.6 Å². The fourth-order valence-electron chi connectivity index (χ4n) is 1.62. The molecule has 5 heteroatoms. The van der Waals surface area contributed by atoms with Gasteiger partial charge in [0.2, 0.25) is 0 Å². The summed E-state index contributed by atoms with van der Waals surface area (Å²) in [6, 6.07) is 7.43. The van der Waals surface area contributed by atoms with Crippen LogP contribution in [0.1, 0.15) is 11.1 Å². The van der Waals surface area contributed by atoms with Crippen LogP contribution in [0.25, 0.3) is 0 Å². The summed E-state index contributed by atoms with van der Waals surface area (Å²) in [4.78, 5) is 0. The van der Waals surface area contributed by atoms with Crippen molar-refractivity contribution in [2.75, 3.05) is 0 Å². The number of benzene rings is 2. The maximum Gasteiger partial charge on any atom is 0.180 e. The zero-order valence-electron chi connectivity index (χ0n) is 10.2. The van der Waals surface area contributed by atoms with Crippen LogP contribution < -0.4 is 10.5 Å². The van der Waals surface area contributed by atoms with Gasteiger partial charge in [-0.15, -0.1) is 0 Å². The first-order valence-corrected chi connectivity index (χ1v) is 6.43. The molecule has 2 aromatic rings. The van der Waals surface area contributed by atoms with Crippen LogP contribution in [-0.4, -0.2) is 0 Å². The lowest BCUT2D eigenvalue weighted by atomic mass is 10.2. The maximum atomic E-state index is 14.0. The molecule has 0 atom stereocenters. The van der Waals surface area contributed by atoms with Crippen molar-refractivity contribution in [1.82, 2.24) is 0 Å². The van der Waals surface area contributed by atoms with Crippen molar-refractivity contribution in [2.45, 2.75) is 13.5 Å². The number of hydrogen-bond donors (Lipinski definition) is 1. The van der Waals surface area contributed by atoms with Crippen LogP contribution in [0.5, 0.6) is 11.5 Å². The van der Waals surface area contributed by atoms with E-state index in [0.29, 0.717) is 16.9 Å². The smallest absolute Gasteiger partial charge is 0.180 e. The summed E-state index contributed by atoms with van der Waals surface area (Å²) in [5.41, 5.74) is 6.57. The van der Waals surface area contributed by atoms with Gasteiger partial charge in [-0.3, -0.25) is 0 Å². The number of ether oxygens (including phenoxy) is 1. The highest BCUT2D eigenvalue weighted by Crippen LogP contribution is 2.32. The molecule has 19 heavy (non-hydrogen) atoms. The van der Waals surface area contributed by atoms with Gasteiger partial charge in [0, 0.05) is 6.54 Å². The summed E-state index contributed by atoms with van der Waals surface area (Å²) in [5, 5.41) is 0. The van der Waals surface area contributed by atoms with Crippen LogP contribution >= 0.6 is 15.9 Å². The molecule has 0 aromatic heterocycles. The van der Waals surface area contributed by atoms with Crippen LogP contribution in [0, 0.1) is 18.6 Å². The third-order valence-corrected chi connectivity index (χ3v) is 3.56. The third kappa shape index (κ3) is 2.93. The van der Waals surface area contributed by atoms with Crippen molar-refractivity contribution in [1.29, 1.82) is 0 Å². The second-order valence-electron chi connectivity index (χ2n) is 4.07. The Bertz CT molecular complexity index is 617. The molecule has 2 nitrogen and oxygen atoms in total. The Hall–Kier alpha value is -1.46. The predicted molar refractivity (Wildman–Crippen MR) is 73.2 cm³/mol. The number of rotatable bonds is 3. The minimum absolute atomic E-state index is 0.0649. The zero-order valence-corrected chi connectivity index (χ0v) is 11.8. The van der Waals surface area contributed by atoms with Gasteiger partial charge in [0.1, 0.15) is 11.6 Å². The van der Waals surface area contributed by atoms with Crippen molar-refractivity contribution in [3.8, 4) is 11.5 Å². The molecule has 0 unspecified atom stereocenters. The van der Waals surface area contributed by atoms with Gasteiger partial charge in [0.05, 0.1) is 4.47 Å². The zero-order chi connectivity index (χ0) is 14.0. The lowest BCUT2D eigenvalue weighted by Crippen LogP contribution is -2.00. The van der Waals surface area contributed by atoms with E-state index in [2.05, 4.69) is 15.9 Å². The fraction of sp³-hybridized carbons (Fsp3) is 0.143. The molecule has 2 N–H and O–H groups in total. The normalized spacial score (nSPS) is 10.6. The Morgan fingerprint density at radius 1 is 1.21 bits per heavy atom. The first-order valence-electron chi connectivity index (χ1n) is 5.64. The van der Waals surface area contributed by atoms with Crippen LogP contribution in [0.15, 0.2) is 34.8 Å². The summed E-state index contributed by atoms with van der Waals surface area (Å²) < 4.78 is 32.8. The molecule has 0 saturated carbocycles. The first kappa shape index (κ1) is 14.0.